The third-order valence-electron chi connectivity index (χ3n) is 1.37. The van der Waals surface area contributed by atoms with Crippen molar-refractivity contribution in [3.63, 3.8) is 0 Å². The maximum Gasteiger partial charge on any atom is 0.247 e. The highest BCUT2D eigenvalue weighted by atomic mass is 79.9. The quantitative estimate of drug-likeness (QED) is 0.796. The van der Waals surface area contributed by atoms with Gasteiger partial charge < -0.3 is 5.32 Å². The van der Waals surface area contributed by atoms with E-state index in [-0.39, 0.29) is 11.7 Å². The molecule has 1 aromatic rings. The van der Waals surface area contributed by atoms with Crippen LogP contribution in [0.4, 0.5) is 10.1 Å². The summed E-state index contributed by atoms with van der Waals surface area (Å²) in [7, 11) is 0. The molecule has 0 saturated heterocycles. The van der Waals surface area contributed by atoms with Crippen LogP contribution in [0, 0.1) is 5.82 Å². The third-order valence-corrected chi connectivity index (χ3v) is 2.03. The van der Waals surface area contributed by atoms with Crippen LogP contribution in [0.25, 0.3) is 0 Å². The first-order valence-electron chi connectivity index (χ1n) is 3.52. The van der Waals surface area contributed by atoms with Gasteiger partial charge in [-0.25, -0.2) is 4.39 Å². The SMILES string of the molecule is C=CC(=O)Nc1ccc(F)cc1Br. The second-order valence-corrected chi connectivity index (χ2v) is 3.17. The number of nitrogens with one attached hydrogen (secondary N) is 1. The highest BCUT2D eigenvalue weighted by Gasteiger charge is 2.02. The van der Waals surface area contributed by atoms with Crippen LogP contribution in [0.2, 0.25) is 0 Å². The van der Waals surface area contributed by atoms with E-state index in [0.717, 1.165) is 6.08 Å². The van der Waals surface area contributed by atoms with E-state index in [1.165, 1.54) is 18.2 Å². The van der Waals surface area contributed by atoms with E-state index in [9.17, 15) is 9.18 Å². The van der Waals surface area contributed by atoms with Crippen molar-refractivity contribution in [2.75, 3.05) is 5.32 Å². The number of hydrogen-bond donors (Lipinski definition) is 1. The fraction of sp³-hybridized carbons (Fsp3) is 0. The Morgan fingerprint density at radius 2 is 2.31 bits per heavy atom. The van der Waals surface area contributed by atoms with E-state index >= 15 is 0 Å². The Bertz CT molecular complexity index is 351. The zero-order chi connectivity index (χ0) is 9.84. The molecule has 0 spiro atoms. The average molecular weight is 244 g/mol. The fourth-order valence-electron chi connectivity index (χ4n) is 0.775. The smallest absolute Gasteiger partial charge is 0.247 e. The molecule has 2 nitrogen and oxygen atoms in total. The fourth-order valence-corrected chi connectivity index (χ4v) is 1.22. The van der Waals surface area contributed by atoms with Crippen molar-refractivity contribution in [2.24, 2.45) is 0 Å². The Labute approximate surface area is 83.6 Å². The average Bonchev–Trinajstić information content (AvgIpc) is 2.09. The number of anilines is 1. The maximum atomic E-state index is 12.6. The third kappa shape index (κ3) is 2.66. The molecule has 13 heavy (non-hydrogen) atoms. The molecule has 0 bridgehead atoms. The molecular weight excluding hydrogens is 237 g/mol. The Kier molecular flexibility index (Phi) is 3.19. The minimum Gasteiger partial charge on any atom is -0.321 e. The highest BCUT2D eigenvalue weighted by Crippen LogP contribution is 2.22. The Balaban J connectivity index is 2.89. The first-order chi connectivity index (χ1) is 6.13. The summed E-state index contributed by atoms with van der Waals surface area (Å²) in [5, 5.41) is 2.52. The molecule has 1 amide bonds. The molecular formula is C9H7BrFNO. The predicted molar refractivity (Wildman–Crippen MR) is 52.9 cm³/mol. The minimum absolute atomic E-state index is 0.327. The zero-order valence-electron chi connectivity index (χ0n) is 6.68. The van der Waals surface area contributed by atoms with Crippen LogP contribution >= 0.6 is 15.9 Å². The monoisotopic (exact) mass is 243 g/mol. The van der Waals surface area contributed by atoms with Gasteiger partial charge in [-0.3, -0.25) is 4.79 Å². The summed E-state index contributed by atoms with van der Waals surface area (Å²) in [6.45, 7) is 3.30. The summed E-state index contributed by atoms with van der Waals surface area (Å²) in [6.07, 6.45) is 1.15. The van der Waals surface area contributed by atoms with Gasteiger partial charge in [0.25, 0.3) is 0 Å². The van der Waals surface area contributed by atoms with Gasteiger partial charge in [0, 0.05) is 4.47 Å². The summed E-state index contributed by atoms with van der Waals surface area (Å²) in [5.41, 5.74) is 0.520. The van der Waals surface area contributed by atoms with Crippen LogP contribution in [-0.4, -0.2) is 5.91 Å². The predicted octanol–water partition coefficient (Wildman–Crippen LogP) is 2.71. The maximum absolute atomic E-state index is 12.6. The Morgan fingerprint density at radius 1 is 1.62 bits per heavy atom. The van der Waals surface area contributed by atoms with E-state index in [0.29, 0.717) is 10.2 Å². The van der Waals surface area contributed by atoms with Gasteiger partial charge in [-0.05, 0) is 40.2 Å². The first kappa shape index (κ1) is 9.92. The molecule has 68 valence electrons. The molecule has 0 aliphatic rings. The molecule has 1 rings (SSSR count). The van der Waals surface area contributed by atoms with Gasteiger partial charge in [0.15, 0.2) is 0 Å². The number of carbonyl (C=O) groups is 1. The van der Waals surface area contributed by atoms with E-state index in [1.54, 1.807) is 0 Å². The van der Waals surface area contributed by atoms with Crippen molar-refractivity contribution in [3.8, 4) is 0 Å². The number of rotatable bonds is 2. The molecule has 0 aromatic heterocycles. The molecule has 0 unspecified atom stereocenters. The summed E-state index contributed by atoms with van der Waals surface area (Å²) in [6, 6.07) is 4.02. The van der Waals surface area contributed by atoms with Crippen LogP contribution in [-0.2, 0) is 4.79 Å². The van der Waals surface area contributed by atoms with Crippen molar-refractivity contribution < 1.29 is 9.18 Å². The van der Waals surface area contributed by atoms with E-state index in [2.05, 4.69) is 27.8 Å². The van der Waals surface area contributed by atoms with Crippen molar-refractivity contribution in [3.05, 3.63) is 41.1 Å². The van der Waals surface area contributed by atoms with E-state index in [1.807, 2.05) is 0 Å². The molecule has 0 aliphatic carbocycles. The van der Waals surface area contributed by atoms with Gasteiger partial charge in [-0.2, -0.15) is 0 Å². The van der Waals surface area contributed by atoms with E-state index in [4.69, 9.17) is 0 Å². The molecule has 0 radical (unpaired) electrons. The van der Waals surface area contributed by atoms with Crippen LogP contribution < -0.4 is 5.32 Å². The van der Waals surface area contributed by atoms with Gasteiger partial charge >= 0.3 is 0 Å². The van der Waals surface area contributed by atoms with Crippen molar-refractivity contribution in [1.29, 1.82) is 0 Å². The van der Waals surface area contributed by atoms with Crippen molar-refractivity contribution >= 4 is 27.5 Å². The zero-order valence-corrected chi connectivity index (χ0v) is 8.27. The van der Waals surface area contributed by atoms with E-state index < -0.39 is 0 Å². The van der Waals surface area contributed by atoms with Crippen LogP contribution in [0.15, 0.2) is 35.3 Å². The largest absolute Gasteiger partial charge is 0.321 e. The summed E-state index contributed by atoms with van der Waals surface area (Å²) in [4.78, 5) is 10.9. The first-order valence-corrected chi connectivity index (χ1v) is 4.31. The van der Waals surface area contributed by atoms with Gasteiger partial charge in [0.1, 0.15) is 5.82 Å². The number of halogens is 2. The summed E-state index contributed by atoms with van der Waals surface area (Å²) >= 11 is 3.12. The second kappa shape index (κ2) is 4.18. The van der Waals surface area contributed by atoms with Gasteiger partial charge in [0.05, 0.1) is 5.69 Å². The van der Waals surface area contributed by atoms with Crippen molar-refractivity contribution in [1.82, 2.24) is 0 Å². The lowest BCUT2D eigenvalue weighted by Gasteiger charge is -2.04. The van der Waals surface area contributed by atoms with Crippen LogP contribution in [0.5, 0.6) is 0 Å². The summed E-state index contributed by atoms with van der Waals surface area (Å²) < 4.78 is 13.1. The molecule has 1 aromatic carbocycles. The highest BCUT2D eigenvalue weighted by molar-refractivity contribution is 9.10. The summed E-state index contributed by atoms with van der Waals surface area (Å²) in [5.74, 6) is -0.684. The molecule has 4 heteroatoms. The van der Waals surface area contributed by atoms with Gasteiger partial charge in [-0.15, -0.1) is 0 Å². The standard InChI is InChI=1S/C9H7BrFNO/c1-2-9(13)12-8-4-3-6(11)5-7(8)10/h2-5H,1H2,(H,12,13). The lowest BCUT2D eigenvalue weighted by molar-refractivity contribution is -0.111. The number of benzene rings is 1. The number of hydrogen-bond acceptors (Lipinski definition) is 1. The van der Waals surface area contributed by atoms with Gasteiger partial charge in [-0.1, -0.05) is 6.58 Å². The molecule has 1 N–H and O–H groups in total. The van der Waals surface area contributed by atoms with Crippen LogP contribution in [0.1, 0.15) is 0 Å². The minimum atomic E-state index is -0.358. The lowest BCUT2D eigenvalue weighted by atomic mass is 10.3. The van der Waals surface area contributed by atoms with Crippen molar-refractivity contribution in [2.45, 2.75) is 0 Å². The number of amides is 1. The molecule has 0 aliphatic heterocycles. The van der Waals surface area contributed by atoms with Crippen LogP contribution in [0.3, 0.4) is 0 Å². The Morgan fingerprint density at radius 3 is 2.85 bits per heavy atom. The topological polar surface area (TPSA) is 29.1 Å². The molecule has 0 saturated carbocycles. The normalized spacial score (nSPS) is 9.38. The molecule has 0 fully saturated rings. The molecule has 0 heterocycles. The van der Waals surface area contributed by atoms with Gasteiger partial charge in [0.2, 0.25) is 5.91 Å². The Hall–Kier alpha value is -1.16. The lowest BCUT2D eigenvalue weighted by Crippen LogP contribution is -2.07. The molecule has 0 atom stereocenters. The number of carbonyl (C=O) groups excluding carboxylic acids is 1. The second-order valence-electron chi connectivity index (χ2n) is 2.32.